The summed E-state index contributed by atoms with van der Waals surface area (Å²) < 4.78 is 0. The van der Waals surface area contributed by atoms with Crippen molar-refractivity contribution in [3.8, 4) is 0 Å². The largest absolute Gasteiger partial charge is 0.125 e. The molecule has 0 saturated heterocycles. The molecule has 0 bridgehead atoms. The molecule has 0 unspecified atom stereocenters. The number of benzene rings is 2. The maximum atomic E-state index is 4.26. The van der Waals surface area contributed by atoms with Gasteiger partial charge < -0.3 is 0 Å². The highest BCUT2D eigenvalue weighted by molar-refractivity contribution is 5.95. The van der Waals surface area contributed by atoms with Crippen molar-refractivity contribution in [2.75, 3.05) is 0 Å². The quantitative estimate of drug-likeness (QED) is 0.351. The second kappa shape index (κ2) is 9.44. The summed E-state index contributed by atoms with van der Waals surface area (Å²) in [6.45, 7) is 14.8. The molecule has 1 saturated carbocycles. The predicted octanol–water partition coefficient (Wildman–Crippen LogP) is 8.80. The van der Waals surface area contributed by atoms with Gasteiger partial charge >= 0.3 is 0 Å². The summed E-state index contributed by atoms with van der Waals surface area (Å²) >= 11 is 0. The molecule has 0 amide bonds. The fourth-order valence-corrected chi connectivity index (χ4v) is 4.82. The van der Waals surface area contributed by atoms with Crippen molar-refractivity contribution in [1.29, 1.82) is 0 Å². The van der Waals surface area contributed by atoms with E-state index in [0.29, 0.717) is 0 Å². The Bertz CT molecular complexity index is 897. The maximum absolute atomic E-state index is 4.26. The van der Waals surface area contributed by atoms with Gasteiger partial charge in [0, 0.05) is 5.57 Å². The lowest BCUT2D eigenvalue weighted by Crippen LogP contribution is -2.00. The molecule has 3 rings (SSSR count). The zero-order chi connectivity index (χ0) is 20.1. The molecule has 2 aromatic rings. The molecule has 0 spiro atoms. The lowest BCUT2D eigenvalue weighted by Gasteiger charge is -2.17. The fraction of sp³-hybridized carbons (Fsp3) is 0.464. The van der Waals surface area contributed by atoms with Crippen molar-refractivity contribution >= 4 is 21.9 Å². The molecule has 0 aromatic heterocycles. The third kappa shape index (κ3) is 4.68. The number of rotatable bonds is 6. The molecular weight excluding hydrogens is 336 g/mol. The minimum Gasteiger partial charge on any atom is -0.125 e. The summed E-state index contributed by atoms with van der Waals surface area (Å²) in [4.78, 5) is 0. The normalized spacial score (nSPS) is 15.2. The highest BCUT2D eigenvalue weighted by atomic mass is 14.2. The number of allylic oxidation sites excluding steroid dienone is 2. The Balaban J connectivity index is 1.86. The van der Waals surface area contributed by atoms with Gasteiger partial charge in [0.25, 0.3) is 0 Å². The standard InChI is InChI=1S/C28H36/c1-6-24(15-11-14-23-12-9-7-8-10-13-23)28-19-27-22(5)17-16-21(4)26(27)18-25(28)20(2)3/h16-19,23H,1-2,7-15H2,3-5H3. The van der Waals surface area contributed by atoms with Crippen molar-refractivity contribution in [2.45, 2.75) is 78.6 Å². The molecule has 0 heteroatoms. The van der Waals surface area contributed by atoms with E-state index in [0.717, 1.165) is 17.9 Å². The topological polar surface area (TPSA) is 0 Å². The average Bonchev–Trinajstić information content (AvgIpc) is 2.96. The molecule has 0 atom stereocenters. The molecule has 28 heavy (non-hydrogen) atoms. The second-order valence-electron chi connectivity index (χ2n) is 8.83. The van der Waals surface area contributed by atoms with E-state index in [4.69, 9.17) is 0 Å². The SMILES string of the molecule is C=C=C(CCCC1CCCCCC1)c1cc2c(C)ccc(C)c2cc1C(=C)C. The number of aryl methyl sites for hydroxylation is 2. The molecule has 0 aliphatic heterocycles. The van der Waals surface area contributed by atoms with Gasteiger partial charge in [-0.05, 0) is 84.7 Å². The lowest BCUT2D eigenvalue weighted by atomic mass is 9.87. The maximum Gasteiger partial charge on any atom is 0.00121 e. The summed E-state index contributed by atoms with van der Waals surface area (Å²) in [5, 5.41) is 2.68. The van der Waals surface area contributed by atoms with Gasteiger partial charge in [-0.2, -0.15) is 0 Å². The van der Waals surface area contributed by atoms with Crippen LogP contribution in [0.15, 0.2) is 43.2 Å². The molecule has 0 heterocycles. The zero-order valence-corrected chi connectivity index (χ0v) is 18.2. The van der Waals surface area contributed by atoms with E-state index in [-0.39, 0.29) is 0 Å². The van der Waals surface area contributed by atoms with Crippen LogP contribution in [-0.2, 0) is 0 Å². The fourth-order valence-electron chi connectivity index (χ4n) is 4.82. The summed E-state index contributed by atoms with van der Waals surface area (Å²) in [5.74, 6) is 0.927. The van der Waals surface area contributed by atoms with Crippen LogP contribution in [0.5, 0.6) is 0 Å². The van der Waals surface area contributed by atoms with Crippen molar-refractivity contribution in [3.05, 3.63) is 65.4 Å². The van der Waals surface area contributed by atoms with Crippen molar-refractivity contribution in [1.82, 2.24) is 0 Å². The van der Waals surface area contributed by atoms with E-state index in [9.17, 15) is 0 Å². The number of hydrogen-bond donors (Lipinski definition) is 0. The highest BCUT2D eigenvalue weighted by Gasteiger charge is 2.15. The first-order valence-electron chi connectivity index (χ1n) is 11.1. The Labute approximate surface area is 172 Å². The van der Waals surface area contributed by atoms with Gasteiger partial charge in [0.1, 0.15) is 0 Å². The molecule has 0 radical (unpaired) electrons. The van der Waals surface area contributed by atoms with E-state index in [2.05, 4.69) is 63.9 Å². The smallest absolute Gasteiger partial charge is 0.00121 e. The molecule has 1 fully saturated rings. The molecule has 1 aliphatic rings. The molecule has 2 aromatic carbocycles. The summed E-state index contributed by atoms with van der Waals surface area (Å²) in [5.41, 5.74) is 10.9. The van der Waals surface area contributed by atoms with Crippen LogP contribution in [0.25, 0.3) is 21.9 Å². The van der Waals surface area contributed by atoms with Gasteiger partial charge in [0.15, 0.2) is 0 Å². The Morgan fingerprint density at radius 2 is 1.54 bits per heavy atom. The molecule has 1 aliphatic carbocycles. The monoisotopic (exact) mass is 372 g/mol. The third-order valence-corrected chi connectivity index (χ3v) is 6.60. The Hall–Kier alpha value is -2.04. The molecule has 148 valence electrons. The Morgan fingerprint density at radius 1 is 0.964 bits per heavy atom. The van der Waals surface area contributed by atoms with Crippen LogP contribution in [0.4, 0.5) is 0 Å². The zero-order valence-electron chi connectivity index (χ0n) is 18.2. The van der Waals surface area contributed by atoms with Gasteiger partial charge in [-0.1, -0.05) is 75.8 Å². The van der Waals surface area contributed by atoms with Crippen molar-refractivity contribution in [3.63, 3.8) is 0 Å². The van der Waals surface area contributed by atoms with Gasteiger partial charge in [0.2, 0.25) is 0 Å². The van der Waals surface area contributed by atoms with E-state index >= 15 is 0 Å². The third-order valence-electron chi connectivity index (χ3n) is 6.60. The predicted molar refractivity (Wildman–Crippen MR) is 126 cm³/mol. The van der Waals surface area contributed by atoms with Crippen LogP contribution in [0.1, 0.15) is 87.0 Å². The van der Waals surface area contributed by atoms with Crippen LogP contribution in [0, 0.1) is 19.8 Å². The van der Waals surface area contributed by atoms with Crippen molar-refractivity contribution in [2.24, 2.45) is 5.92 Å². The van der Waals surface area contributed by atoms with Gasteiger partial charge in [-0.25, -0.2) is 0 Å². The van der Waals surface area contributed by atoms with E-state index in [1.54, 1.807) is 0 Å². The molecule has 0 nitrogen and oxygen atoms in total. The Kier molecular flexibility index (Phi) is 6.97. The first-order valence-corrected chi connectivity index (χ1v) is 11.1. The first kappa shape index (κ1) is 20.7. The van der Waals surface area contributed by atoms with E-state index < -0.39 is 0 Å². The van der Waals surface area contributed by atoms with E-state index in [1.807, 2.05) is 0 Å². The van der Waals surface area contributed by atoms with Gasteiger partial charge in [-0.15, -0.1) is 5.73 Å². The minimum atomic E-state index is 0.927. The first-order chi connectivity index (χ1) is 13.5. The minimum absolute atomic E-state index is 0.927. The lowest BCUT2D eigenvalue weighted by molar-refractivity contribution is 0.418. The highest BCUT2D eigenvalue weighted by Crippen LogP contribution is 2.35. The summed E-state index contributed by atoms with van der Waals surface area (Å²) in [6.07, 6.45) is 12.2. The average molecular weight is 373 g/mol. The second-order valence-corrected chi connectivity index (χ2v) is 8.83. The van der Waals surface area contributed by atoms with Crippen LogP contribution >= 0.6 is 0 Å². The Morgan fingerprint density at radius 3 is 2.07 bits per heavy atom. The molecule has 0 N–H and O–H groups in total. The summed E-state index contributed by atoms with van der Waals surface area (Å²) in [7, 11) is 0. The molecular formula is C28H36. The van der Waals surface area contributed by atoms with Gasteiger partial charge in [-0.3, -0.25) is 0 Å². The van der Waals surface area contributed by atoms with Crippen molar-refractivity contribution < 1.29 is 0 Å². The van der Waals surface area contributed by atoms with Crippen LogP contribution < -0.4 is 0 Å². The number of fused-ring (bicyclic) bond motifs is 1. The van der Waals surface area contributed by atoms with Crippen LogP contribution in [0.3, 0.4) is 0 Å². The van der Waals surface area contributed by atoms with E-state index in [1.165, 1.54) is 90.0 Å². The summed E-state index contributed by atoms with van der Waals surface area (Å²) in [6, 6.07) is 9.14. The van der Waals surface area contributed by atoms with Gasteiger partial charge in [0.05, 0.1) is 0 Å². The van der Waals surface area contributed by atoms with Crippen LogP contribution in [-0.4, -0.2) is 0 Å². The van der Waals surface area contributed by atoms with Crippen LogP contribution in [0.2, 0.25) is 0 Å². The number of hydrogen-bond acceptors (Lipinski definition) is 0.